The van der Waals surface area contributed by atoms with Crippen molar-refractivity contribution >= 4 is 5.91 Å². The Morgan fingerprint density at radius 2 is 1.08 bits per heavy atom. The number of hydrogen-bond donors (Lipinski definition) is 1. The first kappa shape index (κ1) is 25.4. The molecule has 0 bridgehead atoms. The van der Waals surface area contributed by atoms with Gasteiger partial charge in [0, 0.05) is 19.4 Å². The first-order valence-electron chi connectivity index (χ1n) is 11.5. The molecule has 0 aromatic carbocycles. The van der Waals surface area contributed by atoms with Crippen LogP contribution in [0.25, 0.3) is 0 Å². The molecule has 0 rings (SSSR count). The van der Waals surface area contributed by atoms with Crippen LogP contribution < -0.4 is 5.32 Å². The van der Waals surface area contributed by atoms with Gasteiger partial charge in [-0.2, -0.15) is 0 Å². The van der Waals surface area contributed by atoms with E-state index in [9.17, 15) is 4.79 Å². The van der Waals surface area contributed by atoms with Crippen molar-refractivity contribution in [2.75, 3.05) is 34.2 Å². The fraction of sp³-hybridized carbons (Fsp3) is 0.957. The van der Waals surface area contributed by atoms with Crippen LogP contribution in [0.1, 0.15) is 110 Å². The number of hydrogen-bond acceptors (Lipinski definition) is 1. The molecule has 0 fully saturated rings. The van der Waals surface area contributed by atoms with Crippen LogP contribution in [0.5, 0.6) is 0 Å². The maximum atomic E-state index is 11.8. The molecule has 0 heterocycles. The SMILES string of the molecule is CCCCCCCCCCCCCCCCC(=O)NCCC[N+](C)(C)C. The molecule has 1 amide bonds. The highest BCUT2D eigenvalue weighted by atomic mass is 16.1. The third kappa shape index (κ3) is 21.5. The third-order valence-electron chi connectivity index (χ3n) is 5.09. The van der Waals surface area contributed by atoms with E-state index >= 15 is 0 Å². The maximum Gasteiger partial charge on any atom is 0.219 e. The van der Waals surface area contributed by atoms with Crippen LogP contribution in [0.3, 0.4) is 0 Å². The molecule has 1 N–H and O–H groups in total. The molecule has 0 aliphatic rings. The third-order valence-corrected chi connectivity index (χ3v) is 5.09. The molecule has 3 nitrogen and oxygen atoms in total. The average molecular weight is 370 g/mol. The molecule has 0 spiro atoms. The van der Waals surface area contributed by atoms with Crippen molar-refractivity contribution in [2.24, 2.45) is 0 Å². The van der Waals surface area contributed by atoms with Crippen LogP contribution in [0.15, 0.2) is 0 Å². The second kappa shape index (κ2) is 17.8. The molecule has 0 aromatic rings. The van der Waals surface area contributed by atoms with Gasteiger partial charge in [-0.25, -0.2) is 0 Å². The van der Waals surface area contributed by atoms with Crippen LogP contribution >= 0.6 is 0 Å². The summed E-state index contributed by atoms with van der Waals surface area (Å²) in [5, 5.41) is 3.05. The lowest BCUT2D eigenvalue weighted by molar-refractivity contribution is -0.870. The highest BCUT2D eigenvalue weighted by Gasteiger charge is 2.06. The lowest BCUT2D eigenvalue weighted by Crippen LogP contribution is -2.37. The molecular weight excluding hydrogens is 320 g/mol. The van der Waals surface area contributed by atoms with Gasteiger partial charge in [0.2, 0.25) is 5.91 Å². The van der Waals surface area contributed by atoms with Crippen molar-refractivity contribution in [1.82, 2.24) is 5.32 Å². The number of nitrogens with one attached hydrogen (secondary N) is 1. The Kier molecular flexibility index (Phi) is 17.4. The zero-order valence-corrected chi connectivity index (χ0v) is 18.6. The summed E-state index contributed by atoms with van der Waals surface area (Å²) in [6.45, 7) is 4.22. The zero-order valence-electron chi connectivity index (χ0n) is 18.6. The topological polar surface area (TPSA) is 29.1 Å². The molecule has 0 saturated heterocycles. The monoisotopic (exact) mass is 369 g/mol. The maximum absolute atomic E-state index is 11.8. The Hall–Kier alpha value is -0.570. The minimum absolute atomic E-state index is 0.241. The van der Waals surface area contributed by atoms with Gasteiger partial charge in [0.25, 0.3) is 0 Å². The van der Waals surface area contributed by atoms with Gasteiger partial charge in [-0.15, -0.1) is 0 Å². The van der Waals surface area contributed by atoms with Gasteiger partial charge in [-0.3, -0.25) is 4.79 Å². The average Bonchev–Trinajstić information content (AvgIpc) is 2.58. The zero-order chi connectivity index (χ0) is 19.5. The molecule has 0 aromatic heterocycles. The molecule has 0 aliphatic carbocycles. The number of nitrogens with zero attached hydrogens (tertiary/aromatic N) is 1. The largest absolute Gasteiger partial charge is 0.356 e. The molecule has 26 heavy (non-hydrogen) atoms. The molecule has 3 heteroatoms. The molecular formula is C23H49N2O+. The first-order valence-corrected chi connectivity index (χ1v) is 11.5. The number of carbonyl (C=O) groups excluding carboxylic acids is 1. The van der Waals surface area contributed by atoms with E-state index in [0.717, 1.165) is 30.4 Å². The molecule has 0 radical (unpaired) electrons. The summed E-state index contributed by atoms with van der Waals surface area (Å²) in [5.41, 5.74) is 0. The minimum atomic E-state index is 0.241. The lowest BCUT2D eigenvalue weighted by atomic mass is 10.0. The van der Waals surface area contributed by atoms with Crippen LogP contribution in [0, 0.1) is 0 Å². The van der Waals surface area contributed by atoms with Gasteiger partial charge in [0.1, 0.15) is 0 Å². The summed E-state index contributed by atoms with van der Waals surface area (Å²) in [6, 6.07) is 0. The highest BCUT2D eigenvalue weighted by Crippen LogP contribution is 2.13. The summed E-state index contributed by atoms with van der Waals surface area (Å²) in [6.07, 6.45) is 20.8. The second-order valence-corrected chi connectivity index (χ2v) is 9.06. The predicted octanol–water partition coefficient (Wildman–Crippen LogP) is 6.07. The van der Waals surface area contributed by atoms with E-state index in [0.29, 0.717) is 6.42 Å². The van der Waals surface area contributed by atoms with Crippen LogP contribution in [0.2, 0.25) is 0 Å². The fourth-order valence-electron chi connectivity index (χ4n) is 3.35. The van der Waals surface area contributed by atoms with Gasteiger partial charge in [-0.05, 0) is 6.42 Å². The Morgan fingerprint density at radius 3 is 1.50 bits per heavy atom. The van der Waals surface area contributed by atoms with Crippen LogP contribution in [-0.2, 0) is 4.79 Å². The van der Waals surface area contributed by atoms with Crippen molar-refractivity contribution < 1.29 is 9.28 Å². The van der Waals surface area contributed by atoms with Crippen molar-refractivity contribution in [3.05, 3.63) is 0 Å². The number of carbonyl (C=O) groups is 1. The van der Waals surface area contributed by atoms with E-state index in [2.05, 4.69) is 33.4 Å². The molecule has 0 unspecified atom stereocenters. The minimum Gasteiger partial charge on any atom is -0.356 e. The summed E-state index contributed by atoms with van der Waals surface area (Å²) < 4.78 is 0.967. The normalized spacial score (nSPS) is 11.7. The van der Waals surface area contributed by atoms with Crippen LogP contribution in [0.4, 0.5) is 0 Å². The van der Waals surface area contributed by atoms with Crippen LogP contribution in [-0.4, -0.2) is 44.6 Å². The van der Waals surface area contributed by atoms with Gasteiger partial charge in [-0.1, -0.05) is 90.4 Å². The Balaban J connectivity index is 3.17. The predicted molar refractivity (Wildman–Crippen MR) is 115 cm³/mol. The van der Waals surface area contributed by atoms with E-state index < -0.39 is 0 Å². The summed E-state index contributed by atoms with van der Waals surface area (Å²) in [5.74, 6) is 0.241. The van der Waals surface area contributed by atoms with Gasteiger partial charge >= 0.3 is 0 Å². The van der Waals surface area contributed by atoms with Crippen molar-refractivity contribution in [2.45, 2.75) is 110 Å². The molecule has 0 aliphatic heterocycles. The number of amides is 1. The smallest absolute Gasteiger partial charge is 0.219 e. The number of rotatable bonds is 19. The van der Waals surface area contributed by atoms with Gasteiger partial charge in [0.15, 0.2) is 0 Å². The Morgan fingerprint density at radius 1 is 0.654 bits per heavy atom. The Labute approximate surface area is 164 Å². The fourth-order valence-corrected chi connectivity index (χ4v) is 3.35. The quantitative estimate of drug-likeness (QED) is 0.217. The molecule has 156 valence electrons. The standard InChI is InChI=1S/C23H48N2O/c1-5-6-7-8-9-10-11-12-13-14-15-16-17-18-20-23(26)24-21-19-22-25(2,3)4/h5-22H2,1-4H3/p+1. The number of quaternary nitrogens is 1. The Bertz CT molecular complexity index is 310. The van der Waals surface area contributed by atoms with Gasteiger partial charge < -0.3 is 9.80 Å². The second-order valence-electron chi connectivity index (χ2n) is 9.06. The highest BCUT2D eigenvalue weighted by molar-refractivity contribution is 5.75. The summed E-state index contributed by atoms with van der Waals surface area (Å²) in [7, 11) is 6.57. The lowest BCUT2D eigenvalue weighted by Gasteiger charge is -2.23. The van der Waals surface area contributed by atoms with E-state index in [4.69, 9.17) is 0 Å². The number of unbranched alkanes of at least 4 members (excludes halogenated alkanes) is 13. The summed E-state index contributed by atoms with van der Waals surface area (Å²) >= 11 is 0. The van der Waals surface area contributed by atoms with E-state index in [1.54, 1.807) is 0 Å². The van der Waals surface area contributed by atoms with Crippen molar-refractivity contribution in [3.8, 4) is 0 Å². The molecule has 0 saturated carbocycles. The first-order chi connectivity index (χ1) is 12.5. The summed E-state index contributed by atoms with van der Waals surface area (Å²) in [4.78, 5) is 11.8. The van der Waals surface area contributed by atoms with Crippen molar-refractivity contribution in [3.63, 3.8) is 0 Å². The van der Waals surface area contributed by atoms with E-state index in [1.807, 2.05) is 0 Å². The van der Waals surface area contributed by atoms with Crippen molar-refractivity contribution in [1.29, 1.82) is 0 Å². The van der Waals surface area contributed by atoms with E-state index in [1.165, 1.54) is 83.5 Å². The van der Waals surface area contributed by atoms with Gasteiger partial charge in [0.05, 0.1) is 27.7 Å². The molecule has 0 atom stereocenters. The van der Waals surface area contributed by atoms with E-state index in [-0.39, 0.29) is 5.91 Å².